The molecule has 0 radical (unpaired) electrons. The summed E-state index contributed by atoms with van der Waals surface area (Å²) in [5.74, 6) is -1.73. The summed E-state index contributed by atoms with van der Waals surface area (Å²) in [7, 11) is 0. The van der Waals surface area contributed by atoms with Crippen LogP contribution in [-0.2, 0) is 21.9 Å². The van der Waals surface area contributed by atoms with Gasteiger partial charge < -0.3 is 15.4 Å². The first-order valence-corrected chi connectivity index (χ1v) is 14.4. The monoisotopic (exact) mass is 664 g/mol. The molecule has 0 fully saturated rings. The molecule has 0 aliphatic heterocycles. The minimum Gasteiger partial charge on any atom is -0.494 e. The van der Waals surface area contributed by atoms with Crippen LogP contribution in [0.1, 0.15) is 23.6 Å². The first-order chi connectivity index (χ1) is 22.8. The highest BCUT2D eigenvalue weighted by Gasteiger charge is 2.32. The molecule has 0 aliphatic carbocycles. The van der Waals surface area contributed by atoms with Crippen molar-refractivity contribution in [3.8, 4) is 22.7 Å². The summed E-state index contributed by atoms with van der Waals surface area (Å²) >= 11 is 0. The molecule has 48 heavy (non-hydrogen) atoms. The lowest BCUT2D eigenvalue weighted by Gasteiger charge is -2.13. The number of para-hydroxylation sites is 1. The van der Waals surface area contributed by atoms with Gasteiger partial charge in [0.1, 0.15) is 17.0 Å². The fourth-order valence-corrected chi connectivity index (χ4v) is 4.66. The summed E-state index contributed by atoms with van der Waals surface area (Å²) in [6.07, 6.45) is -6.72. The second kappa shape index (κ2) is 13.9. The largest absolute Gasteiger partial charge is 0.494 e. The zero-order valence-corrected chi connectivity index (χ0v) is 25.1. The number of alkyl halides is 6. The smallest absolute Gasteiger partial charge is 0.416 e. The van der Waals surface area contributed by atoms with Crippen LogP contribution < -0.4 is 15.4 Å². The molecule has 0 saturated heterocycles. The third-order valence-corrected chi connectivity index (χ3v) is 6.87. The van der Waals surface area contributed by atoms with Crippen molar-refractivity contribution in [3.05, 3.63) is 132 Å². The Hall–Kier alpha value is -5.85. The van der Waals surface area contributed by atoms with Gasteiger partial charge in [0.25, 0.3) is 11.8 Å². The summed E-state index contributed by atoms with van der Waals surface area (Å²) in [5.41, 5.74) is -1.54. The zero-order valence-electron chi connectivity index (χ0n) is 25.1. The van der Waals surface area contributed by atoms with E-state index in [1.54, 1.807) is 54.6 Å². The lowest BCUT2D eigenvalue weighted by atomic mass is 10.0. The van der Waals surface area contributed by atoms with Gasteiger partial charge in [-0.15, -0.1) is 0 Å². The highest BCUT2D eigenvalue weighted by Crippen LogP contribution is 2.33. The van der Waals surface area contributed by atoms with Crippen LogP contribution in [-0.4, -0.2) is 28.2 Å². The first-order valence-electron chi connectivity index (χ1n) is 14.4. The van der Waals surface area contributed by atoms with Crippen molar-refractivity contribution in [2.75, 3.05) is 17.2 Å². The van der Waals surface area contributed by atoms with Crippen LogP contribution in [0, 0.1) is 0 Å². The highest BCUT2D eigenvalue weighted by atomic mass is 19.4. The van der Waals surface area contributed by atoms with E-state index in [9.17, 15) is 35.9 Å². The van der Waals surface area contributed by atoms with Crippen molar-refractivity contribution < 1.29 is 40.7 Å². The van der Waals surface area contributed by atoms with Gasteiger partial charge in [0.15, 0.2) is 0 Å². The molecule has 0 aliphatic rings. The van der Waals surface area contributed by atoms with Crippen LogP contribution in [0.25, 0.3) is 23.0 Å². The summed E-state index contributed by atoms with van der Waals surface area (Å²) in [6.45, 7) is 2.19. The molecule has 2 amide bonds. The molecule has 1 heterocycles. The maximum atomic E-state index is 13.7. The summed E-state index contributed by atoms with van der Waals surface area (Å²) in [6, 6.07) is 23.3. The van der Waals surface area contributed by atoms with Gasteiger partial charge in [-0.3, -0.25) is 9.59 Å². The molecule has 7 nitrogen and oxygen atoms in total. The molecule has 2 N–H and O–H groups in total. The second-order valence-corrected chi connectivity index (χ2v) is 10.3. The molecule has 0 saturated carbocycles. The van der Waals surface area contributed by atoms with E-state index in [-0.39, 0.29) is 16.9 Å². The van der Waals surface area contributed by atoms with E-state index in [1.165, 1.54) is 29.1 Å². The van der Waals surface area contributed by atoms with Gasteiger partial charge >= 0.3 is 12.4 Å². The number of hydrogen-bond acceptors (Lipinski definition) is 4. The summed E-state index contributed by atoms with van der Waals surface area (Å²) < 4.78 is 87.4. The Balaban J connectivity index is 1.62. The van der Waals surface area contributed by atoms with E-state index in [1.807, 2.05) is 6.92 Å². The van der Waals surface area contributed by atoms with E-state index < -0.39 is 40.9 Å². The molecule has 0 bridgehead atoms. The molecule has 0 atom stereocenters. The van der Waals surface area contributed by atoms with Gasteiger partial charge in [0.05, 0.1) is 23.4 Å². The number of rotatable bonds is 9. The van der Waals surface area contributed by atoms with E-state index in [4.69, 9.17) is 4.74 Å². The van der Waals surface area contributed by atoms with Gasteiger partial charge in [0.2, 0.25) is 0 Å². The summed E-state index contributed by atoms with van der Waals surface area (Å²) in [5, 5.41) is 9.28. The Morgan fingerprint density at radius 1 is 0.750 bits per heavy atom. The Morgan fingerprint density at radius 2 is 1.31 bits per heavy atom. The van der Waals surface area contributed by atoms with Crippen molar-refractivity contribution in [3.63, 3.8) is 0 Å². The molecule has 246 valence electrons. The van der Waals surface area contributed by atoms with E-state index in [0.717, 1.165) is 24.3 Å². The first kappa shape index (κ1) is 33.5. The van der Waals surface area contributed by atoms with Crippen LogP contribution in [0.15, 0.2) is 115 Å². The third kappa shape index (κ3) is 8.10. The van der Waals surface area contributed by atoms with Crippen LogP contribution in [0.4, 0.5) is 37.7 Å². The topological polar surface area (TPSA) is 85.2 Å². The van der Waals surface area contributed by atoms with Crippen molar-refractivity contribution in [1.82, 2.24) is 9.78 Å². The van der Waals surface area contributed by atoms with Gasteiger partial charge in [-0.05, 0) is 73.7 Å². The van der Waals surface area contributed by atoms with Gasteiger partial charge in [0, 0.05) is 28.7 Å². The number of carbonyl (C=O) groups is 2. The molecular formula is C35H26F6N4O3. The number of hydrogen-bond donors (Lipinski definition) is 2. The Labute approximate surface area is 270 Å². The predicted molar refractivity (Wildman–Crippen MR) is 168 cm³/mol. The van der Waals surface area contributed by atoms with Gasteiger partial charge in [-0.25, -0.2) is 4.68 Å². The van der Waals surface area contributed by atoms with E-state index >= 15 is 0 Å². The minimum absolute atomic E-state index is 0.237. The number of benzene rings is 4. The predicted octanol–water partition coefficient (Wildman–Crippen LogP) is 8.64. The maximum Gasteiger partial charge on any atom is 0.416 e. The molecular weight excluding hydrogens is 638 g/mol. The molecule has 4 aromatic carbocycles. The Bertz CT molecular complexity index is 1890. The fraction of sp³-hybridized carbons (Fsp3) is 0.114. The molecule has 5 rings (SSSR count). The number of anilines is 2. The van der Waals surface area contributed by atoms with Gasteiger partial charge in [-0.1, -0.05) is 42.5 Å². The van der Waals surface area contributed by atoms with E-state index in [2.05, 4.69) is 15.7 Å². The lowest BCUT2D eigenvalue weighted by Crippen LogP contribution is -2.25. The standard InChI is InChI=1S/C35H26F6N4O3/c1-2-48-29-16-6-9-22(17-29)31-23(21-45(44-31)28-14-4-3-5-15-28)18-30(32(46)42-26-12-7-10-24(19-26)34(36,37)38)33(47)43-27-13-8-11-25(20-27)35(39,40)41/h3-21H,2H2,1H3,(H,42,46)(H,43,47). The molecule has 5 aromatic rings. The quantitative estimate of drug-likeness (QED) is 0.0715. The summed E-state index contributed by atoms with van der Waals surface area (Å²) in [4.78, 5) is 27.3. The molecule has 13 heteroatoms. The van der Waals surface area contributed by atoms with Crippen molar-refractivity contribution in [1.29, 1.82) is 0 Å². The number of ether oxygens (including phenoxy) is 1. The maximum absolute atomic E-state index is 13.7. The molecule has 0 unspecified atom stereocenters. The van der Waals surface area contributed by atoms with Crippen LogP contribution >= 0.6 is 0 Å². The molecule has 1 aromatic heterocycles. The number of nitrogens with zero attached hydrogens (tertiary/aromatic N) is 2. The van der Waals surface area contributed by atoms with Crippen LogP contribution in [0.5, 0.6) is 5.75 Å². The number of halogens is 6. The highest BCUT2D eigenvalue weighted by molar-refractivity contribution is 6.29. The van der Waals surface area contributed by atoms with Crippen LogP contribution in [0.2, 0.25) is 0 Å². The number of nitrogens with one attached hydrogen (secondary N) is 2. The Kier molecular flexibility index (Phi) is 9.69. The van der Waals surface area contributed by atoms with Crippen molar-refractivity contribution in [2.24, 2.45) is 0 Å². The number of amides is 2. The number of carbonyl (C=O) groups excluding carboxylic acids is 2. The van der Waals surface area contributed by atoms with E-state index in [0.29, 0.717) is 41.4 Å². The van der Waals surface area contributed by atoms with Gasteiger partial charge in [-0.2, -0.15) is 31.4 Å². The van der Waals surface area contributed by atoms with Crippen molar-refractivity contribution in [2.45, 2.75) is 19.3 Å². The zero-order chi connectivity index (χ0) is 34.5. The van der Waals surface area contributed by atoms with Crippen LogP contribution in [0.3, 0.4) is 0 Å². The third-order valence-electron chi connectivity index (χ3n) is 6.87. The Morgan fingerprint density at radius 3 is 1.85 bits per heavy atom. The lowest BCUT2D eigenvalue weighted by molar-refractivity contribution is -0.138. The second-order valence-electron chi connectivity index (χ2n) is 10.3. The molecule has 0 spiro atoms. The normalized spacial score (nSPS) is 11.5. The number of aromatic nitrogens is 2. The average Bonchev–Trinajstić information content (AvgIpc) is 3.48. The minimum atomic E-state index is -4.71. The average molecular weight is 665 g/mol. The van der Waals surface area contributed by atoms with Crippen molar-refractivity contribution >= 4 is 29.3 Å². The SMILES string of the molecule is CCOc1cccc(-c2nn(-c3ccccc3)cc2C=C(C(=O)Nc2cccc(C(F)(F)F)c2)C(=O)Nc2cccc(C(F)(F)F)c2)c1. The fourth-order valence-electron chi connectivity index (χ4n) is 4.66.